The molecule has 4 nitrogen and oxygen atoms in total. The minimum Gasteiger partial charge on any atom is -0.284 e. The molecule has 0 fully saturated rings. The Morgan fingerprint density at radius 2 is 2.56 bits per heavy atom. The lowest BCUT2D eigenvalue weighted by atomic mass is 10.9. The summed E-state index contributed by atoms with van der Waals surface area (Å²) in [5.74, 6) is 0. The third-order valence-corrected chi connectivity index (χ3v) is 1.03. The number of imidazole rings is 1. The molecule has 1 amide bonds. The van der Waals surface area contributed by atoms with Crippen molar-refractivity contribution in [3.05, 3.63) is 18.7 Å². The van der Waals surface area contributed by atoms with Crippen LogP contribution in [0.4, 0.5) is 4.79 Å². The molecule has 1 heterocycles. The fourth-order valence-electron chi connectivity index (χ4n) is 0.437. The molecule has 1 N–H and O–H groups in total. The highest BCUT2D eigenvalue weighted by Gasteiger charge is 1.96. The average molecular weight is 143 g/mol. The number of hydrogen-bond acceptors (Lipinski definition) is 3. The van der Waals surface area contributed by atoms with Gasteiger partial charge < -0.3 is 0 Å². The zero-order valence-corrected chi connectivity index (χ0v) is 5.38. The van der Waals surface area contributed by atoms with Gasteiger partial charge in [0.25, 0.3) is 0 Å². The molecule has 0 aliphatic rings. The summed E-state index contributed by atoms with van der Waals surface area (Å²) in [5, 5.41) is 0. The van der Waals surface area contributed by atoms with E-state index in [0.717, 1.165) is 0 Å². The van der Waals surface area contributed by atoms with Crippen LogP contribution in [-0.2, 0) is 0 Å². The highest BCUT2D eigenvalue weighted by atomic mass is 32.1. The van der Waals surface area contributed by atoms with E-state index >= 15 is 0 Å². The number of hydrogen-bond donors (Lipinski definition) is 2. The zero-order valence-electron chi connectivity index (χ0n) is 4.48. The molecule has 1 rings (SSSR count). The van der Waals surface area contributed by atoms with E-state index in [2.05, 4.69) is 22.5 Å². The summed E-state index contributed by atoms with van der Waals surface area (Å²) in [7, 11) is 0. The van der Waals surface area contributed by atoms with Crippen molar-refractivity contribution in [3.63, 3.8) is 0 Å². The van der Waals surface area contributed by atoms with Gasteiger partial charge in [-0.3, -0.25) is 9.29 Å². The summed E-state index contributed by atoms with van der Waals surface area (Å²) in [6.07, 6.45) is 4.44. The van der Waals surface area contributed by atoms with Crippen molar-refractivity contribution in [3.8, 4) is 0 Å². The van der Waals surface area contributed by atoms with E-state index in [4.69, 9.17) is 0 Å². The van der Waals surface area contributed by atoms with Crippen LogP contribution in [0, 0.1) is 0 Å². The monoisotopic (exact) mass is 143 g/mol. The summed E-state index contributed by atoms with van der Waals surface area (Å²) in [6.45, 7) is 0. The maximum absolute atomic E-state index is 10.6. The van der Waals surface area contributed by atoms with Crippen LogP contribution in [-0.4, -0.2) is 15.6 Å². The van der Waals surface area contributed by atoms with E-state index in [1.165, 1.54) is 23.3 Å². The Hall–Kier alpha value is -0.970. The van der Waals surface area contributed by atoms with Crippen molar-refractivity contribution < 1.29 is 4.79 Å². The summed E-state index contributed by atoms with van der Waals surface area (Å²) in [4.78, 5) is 14.3. The fraction of sp³-hybridized carbons (Fsp3) is 0. The molecule has 0 aliphatic heterocycles. The lowest BCUT2D eigenvalue weighted by Crippen LogP contribution is -2.18. The number of nitrogens with zero attached hydrogens (tertiary/aromatic N) is 2. The minimum atomic E-state index is -0.309. The Labute approximate surface area is 57.4 Å². The van der Waals surface area contributed by atoms with Crippen molar-refractivity contribution in [2.75, 3.05) is 0 Å². The second-order valence-corrected chi connectivity index (χ2v) is 1.61. The lowest BCUT2D eigenvalue weighted by Gasteiger charge is -1.94. The van der Waals surface area contributed by atoms with Gasteiger partial charge >= 0.3 is 6.03 Å². The topological polar surface area (TPSA) is 46.9 Å². The van der Waals surface area contributed by atoms with Crippen molar-refractivity contribution in [1.29, 1.82) is 0 Å². The number of carbonyl (C=O) groups excluding carboxylic acids is 1. The van der Waals surface area contributed by atoms with Crippen LogP contribution in [0.25, 0.3) is 0 Å². The normalized spacial score (nSPS) is 9.00. The van der Waals surface area contributed by atoms with Gasteiger partial charge in [0.15, 0.2) is 0 Å². The maximum atomic E-state index is 10.6. The number of rotatable bonds is 0. The van der Waals surface area contributed by atoms with Crippen LogP contribution < -0.4 is 4.72 Å². The van der Waals surface area contributed by atoms with Gasteiger partial charge in [-0.2, -0.15) is 0 Å². The molecule has 0 atom stereocenters. The number of amides is 1. The van der Waals surface area contributed by atoms with Crippen molar-refractivity contribution >= 4 is 18.8 Å². The standard InChI is InChI=1S/C4H5N3OS/c8-4(6-9)7-2-1-5-3-7/h1-3,9H,(H,6,8). The smallest absolute Gasteiger partial charge is 0.284 e. The molecule has 0 bridgehead atoms. The Kier molecular flexibility index (Phi) is 1.74. The molecule has 0 radical (unpaired) electrons. The van der Waals surface area contributed by atoms with Crippen LogP contribution >= 0.6 is 12.8 Å². The van der Waals surface area contributed by atoms with E-state index in [9.17, 15) is 4.79 Å². The molecule has 0 aromatic carbocycles. The third-order valence-electron chi connectivity index (χ3n) is 0.835. The minimum absolute atomic E-state index is 0.309. The Morgan fingerprint density at radius 3 is 3.00 bits per heavy atom. The van der Waals surface area contributed by atoms with Crippen molar-refractivity contribution in [2.24, 2.45) is 0 Å². The first kappa shape index (κ1) is 6.15. The average Bonchev–Trinajstić information content (AvgIpc) is 2.37. The summed E-state index contributed by atoms with van der Waals surface area (Å²) >= 11 is 3.55. The highest BCUT2D eigenvalue weighted by Crippen LogP contribution is 1.83. The summed E-state index contributed by atoms with van der Waals surface area (Å²) in [6, 6.07) is -0.309. The molecule has 1 aromatic rings. The van der Waals surface area contributed by atoms with Gasteiger partial charge in [0, 0.05) is 12.4 Å². The van der Waals surface area contributed by atoms with Gasteiger partial charge in [0.2, 0.25) is 0 Å². The Balaban J connectivity index is 2.77. The molecule has 0 aliphatic carbocycles. The van der Waals surface area contributed by atoms with Crippen molar-refractivity contribution in [2.45, 2.75) is 0 Å². The van der Waals surface area contributed by atoms with E-state index in [-0.39, 0.29) is 6.03 Å². The van der Waals surface area contributed by atoms with Crippen LogP contribution in [0.1, 0.15) is 0 Å². The third kappa shape index (κ3) is 1.23. The molecule has 0 unspecified atom stereocenters. The largest absolute Gasteiger partial charge is 0.336 e. The van der Waals surface area contributed by atoms with Gasteiger partial charge in [-0.25, -0.2) is 9.78 Å². The highest BCUT2D eigenvalue weighted by molar-refractivity contribution is 7.78. The van der Waals surface area contributed by atoms with E-state index in [1.807, 2.05) is 0 Å². The Bertz CT molecular complexity index is 196. The number of thiol groups is 1. The molecule has 0 spiro atoms. The van der Waals surface area contributed by atoms with E-state index < -0.39 is 0 Å². The Morgan fingerprint density at radius 1 is 1.78 bits per heavy atom. The molecular weight excluding hydrogens is 138 g/mol. The summed E-state index contributed by atoms with van der Waals surface area (Å²) in [5.41, 5.74) is 0. The van der Waals surface area contributed by atoms with Crippen LogP contribution in [0.15, 0.2) is 18.7 Å². The molecule has 0 saturated carbocycles. The van der Waals surface area contributed by atoms with Gasteiger partial charge in [-0.1, -0.05) is 12.8 Å². The molecule has 1 aromatic heterocycles. The van der Waals surface area contributed by atoms with Gasteiger partial charge in [-0.05, 0) is 0 Å². The molecular formula is C4H5N3OS. The quantitative estimate of drug-likeness (QED) is 0.513. The van der Waals surface area contributed by atoms with Gasteiger partial charge in [-0.15, -0.1) is 0 Å². The first-order valence-corrected chi connectivity index (χ1v) is 2.71. The summed E-state index contributed by atoms with van der Waals surface area (Å²) < 4.78 is 3.43. The van der Waals surface area contributed by atoms with Crippen LogP contribution in [0.2, 0.25) is 0 Å². The predicted octanol–water partition coefficient (Wildman–Crippen LogP) is 0.286. The SMILES string of the molecule is O=C(NS)n1ccnc1. The molecule has 9 heavy (non-hydrogen) atoms. The number of carbonyl (C=O) groups is 1. The van der Waals surface area contributed by atoms with Crippen LogP contribution in [0.5, 0.6) is 0 Å². The number of nitrogens with one attached hydrogen (secondary N) is 1. The second-order valence-electron chi connectivity index (χ2n) is 1.39. The second kappa shape index (κ2) is 2.54. The van der Waals surface area contributed by atoms with Gasteiger partial charge in [0.05, 0.1) is 0 Å². The molecule has 5 heteroatoms. The predicted molar refractivity (Wildman–Crippen MR) is 35.1 cm³/mol. The molecule has 48 valence electrons. The first-order valence-electron chi connectivity index (χ1n) is 2.27. The molecule has 0 saturated heterocycles. The fourth-order valence-corrected chi connectivity index (χ4v) is 0.552. The number of aromatic nitrogens is 2. The van der Waals surface area contributed by atoms with Gasteiger partial charge in [0.1, 0.15) is 6.33 Å². The van der Waals surface area contributed by atoms with E-state index in [1.54, 1.807) is 0 Å². The lowest BCUT2D eigenvalue weighted by molar-refractivity contribution is 0.248. The first-order chi connectivity index (χ1) is 4.34. The van der Waals surface area contributed by atoms with Crippen LogP contribution in [0.3, 0.4) is 0 Å². The zero-order chi connectivity index (χ0) is 6.69. The maximum Gasteiger partial charge on any atom is 0.336 e. The van der Waals surface area contributed by atoms with E-state index in [0.29, 0.717) is 0 Å². The van der Waals surface area contributed by atoms with Crippen molar-refractivity contribution in [1.82, 2.24) is 14.3 Å².